The van der Waals surface area contributed by atoms with E-state index in [2.05, 4.69) is 25.6 Å². The number of nitrogens with zero attached hydrogens (tertiary/aromatic N) is 4. The minimum absolute atomic E-state index is 0.0152. The Morgan fingerprint density at radius 2 is 2.23 bits per heavy atom. The normalized spacial score (nSPS) is 11.5. The molecule has 3 aromatic heterocycles. The molecule has 8 heteroatoms. The summed E-state index contributed by atoms with van der Waals surface area (Å²) in [5.41, 5.74) is 0.938. The van der Waals surface area contributed by atoms with Crippen LogP contribution in [0.3, 0.4) is 0 Å². The second kappa shape index (κ2) is 6.27. The molecule has 2 N–H and O–H groups in total. The van der Waals surface area contributed by atoms with Gasteiger partial charge in [-0.2, -0.15) is 5.21 Å². The van der Waals surface area contributed by atoms with Crippen LogP contribution in [-0.4, -0.2) is 36.5 Å². The third-order valence-electron chi connectivity index (χ3n) is 2.83. The predicted octanol–water partition coefficient (Wildman–Crippen LogP) is 2.03. The van der Waals surface area contributed by atoms with Gasteiger partial charge in [-0.3, -0.25) is 9.78 Å². The number of aliphatic hydroxyl groups excluding tert-OH is 1. The van der Waals surface area contributed by atoms with Gasteiger partial charge in [0, 0.05) is 29.3 Å². The highest BCUT2D eigenvalue weighted by Gasteiger charge is 2.12. The van der Waals surface area contributed by atoms with Crippen LogP contribution in [0.2, 0.25) is 0 Å². The molecule has 0 saturated carbocycles. The maximum Gasteiger partial charge on any atom is 0.239 e. The Labute approximate surface area is 129 Å². The number of nitrogens with one attached hydrogen (secondary N) is 1. The summed E-state index contributed by atoms with van der Waals surface area (Å²) in [6.45, 7) is 0. The van der Waals surface area contributed by atoms with Crippen LogP contribution in [0.25, 0.3) is 5.76 Å². The van der Waals surface area contributed by atoms with E-state index in [1.54, 1.807) is 12.3 Å². The van der Waals surface area contributed by atoms with Crippen molar-refractivity contribution < 1.29 is 9.90 Å². The Hall–Kier alpha value is -2.87. The second-order valence-corrected chi connectivity index (χ2v) is 5.56. The van der Waals surface area contributed by atoms with Gasteiger partial charge in [0.2, 0.25) is 5.82 Å². The van der Waals surface area contributed by atoms with Crippen LogP contribution in [0.15, 0.2) is 42.6 Å². The van der Waals surface area contributed by atoms with Crippen LogP contribution in [0.5, 0.6) is 0 Å². The van der Waals surface area contributed by atoms with Gasteiger partial charge in [-0.15, -0.1) is 21.5 Å². The molecule has 0 atom stereocenters. The molecule has 110 valence electrons. The summed E-state index contributed by atoms with van der Waals surface area (Å²) in [6.07, 6.45) is 3.49. The first-order chi connectivity index (χ1) is 10.7. The first kappa shape index (κ1) is 14.1. The number of aromatic amines is 1. The Kier molecular flexibility index (Phi) is 4.01. The Balaban J connectivity index is 1.73. The van der Waals surface area contributed by atoms with Gasteiger partial charge in [0.05, 0.1) is 4.88 Å². The monoisotopic (exact) mass is 313 g/mol. The van der Waals surface area contributed by atoms with E-state index in [9.17, 15) is 9.90 Å². The van der Waals surface area contributed by atoms with E-state index < -0.39 is 0 Å². The first-order valence-corrected chi connectivity index (χ1v) is 7.21. The van der Waals surface area contributed by atoms with Crippen molar-refractivity contribution in [2.75, 3.05) is 0 Å². The molecule has 3 aromatic rings. The van der Waals surface area contributed by atoms with Crippen molar-refractivity contribution in [2.45, 2.75) is 6.42 Å². The third-order valence-corrected chi connectivity index (χ3v) is 3.93. The molecule has 0 saturated heterocycles. The zero-order chi connectivity index (χ0) is 15.4. The van der Waals surface area contributed by atoms with Crippen LogP contribution in [0, 0.1) is 0 Å². The first-order valence-electron chi connectivity index (χ1n) is 6.40. The summed E-state index contributed by atoms with van der Waals surface area (Å²) in [6, 6.07) is 9.33. The molecule has 22 heavy (non-hydrogen) atoms. The quantitative estimate of drug-likeness (QED) is 0.424. The van der Waals surface area contributed by atoms with E-state index in [0.717, 1.165) is 16.6 Å². The van der Waals surface area contributed by atoms with Gasteiger partial charge >= 0.3 is 0 Å². The van der Waals surface area contributed by atoms with E-state index in [-0.39, 0.29) is 17.4 Å². The molecule has 0 amide bonds. The number of ketones is 1. The summed E-state index contributed by atoms with van der Waals surface area (Å²) in [5.74, 6) is -0.642. The van der Waals surface area contributed by atoms with Gasteiger partial charge in [-0.1, -0.05) is 6.07 Å². The van der Waals surface area contributed by atoms with Gasteiger partial charge in [-0.25, -0.2) is 0 Å². The number of H-pyrrole nitrogens is 1. The summed E-state index contributed by atoms with van der Waals surface area (Å²) in [7, 11) is 0. The number of thiophene rings is 1. The highest BCUT2D eigenvalue weighted by Crippen LogP contribution is 2.21. The zero-order valence-electron chi connectivity index (χ0n) is 11.3. The predicted molar refractivity (Wildman–Crippen MR) is 80.5 cm³/mol. The van der Waals surface area contributed by atoms with E-state index in [0.29, 0.717) is 11.3 Å². The number of tetrazole rings is 1. The van der Waals surface area contributed by atoms with Gasteiger partial charge in [0.1, 0.15) is 0 Å². The largest absolute Gasteiger partial charge is 0.504 e. The second-order valence-electron chi connectivity index (χ2n) is 4.39. The lowest BCUT2D eigenvalue weighted by molar-refractivity contribution is 0.104. The van der Waals surface area contributed by atoms with Crippen molar-refractivity contribution in [3.63, 3.8) is 0 Å². The van der Waals surface area contributed by atoms with Crippen molar-refractivity contribution in [2.24, 2.45) is 0 Å². The minimum Gasteiger partial charge on any atom is -0.504 e. The van der Waals surface area contributed by atoms with Crippen LogP contribution < -0.4 is 0 Å². The zero-order valence-corrected chi connectivity index (χ0v) is 12.1. The Morgan fingerprint density at radius 1 is 1.32 bits per heavy atom. The van der Waals surface area contributed by atoms with Crippen LogP contribution in [0.1, 0.15) is 26.1 Å². The molecule has 0 aliphatic carbocycles. The van der Waals surface area contributed by atoms with E-state index >= 15 is 0 Å². The standard InChI is InChI=1S/C14H11N5O2S/c20-11(8-12(21)14-16-18-19-17-14)13-5-4-10(22-13)7-9-3-1-2-6-15-9/h1-6,8,21H,7H2,(H,16,17,18,19). The van der Waals surface area contributed by atoms with Crippen molar-refractivity contribution >= 4 is 22.9 Å². The maximum atomic E-state index is 12.1. The number of carbonyl (C=O) groups is 1. The molecule has 0 spiro atoms. The van der Waals surface area contributed by atoms with Crippen molar-refractivity contribution in [1.82, 2.24) is 25.6 Å². The van der Waals surface area contributed by atoms with E-state index in [1.165, 1.54) is 11.3 Å². The van der Waals surface area contributed by atoms with Crippen molar-refractivity contribution in [1.29, 1.82) is 0 Å². The molecule has 0 fully saturated rings. The Bertz CT molecular complexity index is 796. The molecule has 0 bridgehead atoms. The SMILES string of the molecule is O=C(C=C(O)c1nn[nH]n1)c1ccc(Cc2ccccn2)s1. The molecule has 7 nitrogen and oxygen atoms in total. The molecular formula is C14H11N5O2S. The number of pyridine rings is 1. The molecule has 0 aliphatic heterocycles. The summed E-state index contributed by atoms with van der Waals surface area (Å²) in [4.78, 5) is 17.9. The summed E-state index contributed by atoms with van der Waals surface area (Å²) in [5, 5.41) is 22.5. The topological polar surface area (TPSA) is 105 Å². The summed E-state index contributed by atoms with van der Waals surface area (Å²) >= 11 is 1.37. The van der Waals surface area contributed by atoms with Gasteiger partial charge < -0.3 is 5.11 Å². The van der Waals surface area contributed by atoms with Gasteiger partial charge in [0.25, 0.3) is 0 Å². The molecule has 0 unspecified atom stereocenters. The number of aliphatic hydroxyl groups is 1. The fourth-order valence-electron chi connectivity index (χ4n) is 1.82. The maximum absolute atomic E-state index is 12.1. The van der Waals surface area contributed by atoms with Gasteiger partial charge in [0.15, 0.2) is 11.5 Å². The smallest absolute Gasteiger partial charge is 0.239 e. The molecular weight excluding hydrogens is 302 g/mol. The molecule has 0 aliphatic rings. The van der Waals surface area contributed by atoms with E-state index in [1.807, 2.05) is 24.3 Å². The number of allylic oxidation sites excluding steroid dienone is 1. The van der Waals surface area contributed by atoms with Crippen LogP contribution in [-0.2, 0) is 6.42 Å². The van der Waals surface area contributed by atoms with Crippen LogP contribution in [0.4, 0.5) is 0 Å². The number of hydrogen-bond donors (Lipinski definition) is 2. The fourth-order valence-corrected chi connectivity index (χ4v) is 2.75. The molecule has 0 aromatic carbocycles. The highest BCUT2D eigenvalue weighted by molar-refractivity contribution is 7.14. The van der Waals surface area contributed by atoms with Crippen molar-refractivity contribution in [3.8, 4) is 0 Å². The Morgan fingerprint density at radius 3 is 2.95 bits per heavy atom. The number of aromatic nitrogens is 5. The number of rotatable bonds is 5. The summed E-state index contributed by atoms with van der Waals surface area (Å²) < 4.78 is 0. The van der Waals surface area contributed by atoms with Crippen molar-refractivity contribution in [3.05, 3.63) is 63.9 Å². The third kappa shape index (κ3) is 3.23. The molecule has 0 radical (unpaired) electrons. The average Bonchev–Trinajstić information content (AvgIpc) is 3.19. The minimum atomic E-state index is -0.321. The fraction of sp³-hybridized carbons (Fsp3) is 0.0714. The van der Waals surface area contributed by atoms with E-state index in [4.69, 9.17) is 0 Å². The van der Waals surface area contributed by atoms with Crippen LogP contribution >= 0.6 is 11.3 Å². The lowest BCUT2D eigenvalue weighted by atomic mass is 10.2. The number of carbonyl (C=O) groups excluding carboxylic acids is 1. The average molecular weight is 313 g/mol. The molecule has 3 heterocycles. The lowest BCUT2D eigenvalue weighted by Crippen LogP contribution is -1.95. The number of hydrogen-bond acceptors (Lipinski definition) is 7. The lowest BCUT2D eigenvalue weighted by Gasteiger charge is -1.96. The highest BCUT2D eigenvalue weighted by atomic mass is 32.1. The van der Waals surface area contributed by atoms with Gasteiger partial charge in [-0.05, 0) is 29.5 Å². The molecule has 3 rings (SSSR count).